The Morgan fingerprint density at radius 1 is 0.909 bits per heavy atom. The molecule has 0 radical (unpaired) electrons. The second-order valence-corrected chi connectivity index (χ2v) is 12.3. The molecule has 8 nitrogen and oxygen atoms in total. The van der Waals surface area contributed by atoms with Crippen LogP contribution in [0.25, 0.3) is 16.3 Å². The van der Waals surface area contributed by atoms with E-state index in [0.29, 0.717) is 27.7 Å². The van der Waals surface area contributed by atoms with Crippen LogP contribution in [0.3, 0.4) is 0 Å². The van der Waals surface area contributed by atoms with Crippen LogP contribution in [0.2, 0.25) is 0 Å². The third kappa shape index (κ3) is 7.91. The summed E-state index contributed by atoms with van der Waals surface area (Å²) in [6.07, 6.45) is 1.60. The third-order valence-corrected chi connectivity index (χ3v) is 8.57. The summed E-state index contributed by atoms with van der Waals surface area (Å²) in [6, 6.07) is 29.0. The fourth-order valence-corrected chi connectivity index (χ4v) is 6.01. The fraction of sp³-hybridized carbons (Fsp3) is 0.118. The SMILES string of the molecule is COc1ccc(/C=C(\NC(=O)c2ccccc2)C(=O)Nc2ccc(SC(C)C(=O)Nc3nc4ccc(C)cc4s3)cc2)cc1. The minimum Gasteiger partial charge on any atom is -0.497 e. The Morgan fingerprint density at radius 3 is 2.34 bits per heavy atom. The lowest BCUT2D eigenvalue weighted by atomic mass is 10.1. The topological polar surface area (TPSA) is 109 Å². The van der Waals surface area contributed by atoms with Crippen molar-refractivity contribution < 1.29 is 19.1 Å². The Labute approximate surface area is 263 Å². The normalized spacial score (nSPS) is 11.9. The van der Waals surface area contributed by atoms with Crippen LogP contribution < -0.4 is 20.7 Å². The highest BCUT2D eigenvalue weighted by Gasteiger charge is 2.18. The number of benzene rings is 4. The minimum absolute atomic E-state index is 0.0813. The van der Waals surface area contributed by atoms with E-state index in [1.165, 1.54) is 23.1 Å². The molecule has 0 spiro atoms. The van der Waals surface area contributed by atoms with E-state index >= 15 is 0 Å². The lowest BCUT2D eigenvalue weighted by Gasteiger charge is -2.13. The summed E-state index contributed by atoms with van der Waals surface area (Å²) in [4.78, 5) is 44.4. The molecule has 4 aromatic carbocycles. The molecular weight excluding hydrogens is 593 g/mol. The molecule has 0 aliphatic heterocycles. The molecule has 1 atom stereocenters. The number of amides is 3. The molecule has 0 aliphatic rings. The Bertz CT molecular complexity index is 1820. The van der Waals surface area contributed by atoms with Crippen LogP contribution >= 0.6 is 23.1 Å². The van der Waals surface area contributed by atoms with Gasteiger partial charge in [-0.25, -0.2) is 4.98 Å². The Morgan fingerprint density at radius 2 is 1.64 bits per heavy atom. The van der Waals surface area contributed by atoms with Gasteiger partial charge in [0.25, 0.3) is 11.8 Å². The van der Waals surface area contributed by atoms with Crippen LogP contribution in [0.5, 0.6) is 5.75 Å². The van der Waals surface area contributed by atoms with Crippen LogP contribution in [0, 0.1) is 6.92 Å². The number of aryl methyl sites for hydroxylation is 1. The van der Waals surface area contributed by atoms with Gasteiger partial charge in [-0.2, -0.15) is 0 Å². The molecule has 0 bridgehead atoms. The average Bonchev–Trinajstić information content (AvgIpc) is 3.43. The van der Waals surface area contributed by atoms with Gasteiger partial charge in [0.1, 0.15) is 11.4 Å². The quantitative estimate of drug-likeness (QED) is 0.113. The summed E-state index contributed by atoms with van der Waals surface area (Å²) >= 11 is 2.85. The van der Waals surface area contributed by atoms with Crippen molar-refractivity contribution in [1.82, 2.24) is 10.3 Å². The van der Waals surface area contributed by atoms with Crippen LogP contribution in [-0.2, 0) is 9.59 Å². The van der Waals surface area contributed by atoms with Gasteiger partial charge in [0.2, 0.25) is 5.91 Å². The van der Waals surface area contributed by atoms with E-state index in [1.54, 1.807) is 73.8 Å². The van der Waals surface area contributed by atoms with Gasteiger partial charge in [-0.3, -0.25) is 14.4 Å². The number of aromatic nitrogens is 1. The highest BCUT2D eigenvalue weighted by Crippen LogP contribution is 2.29. The van der Waals surface area contributed by atoms with Crippen LogP contribution in [-0.4, -0.2) is 35.1 Å². The van der Waals surface area contributed by atoms with Crippen molar-refractivity contribution in [3.63, 3.8) is 0 Å². The fourth-order valence-electron chi connectivity index (χ4n) is 4.17. The van der Waals surface area contributed by atoms with E-state index in [1.807, 2.05) is 44.2 Å². The van der Waals surface area contributed by atoms with Gasteiger partial charge in [0.15, 0.2) is 5.13 Å². The number of nitrogens with one attached hydrogen (secondary N) is 3. The highest BCUT2D eigenvalue weighted by atomic mass is 32.2. The first-order chi connectivity index (χ1) is 21.3. The van der Waals surface area contributed by atoms with Crippen molar-refractivity contribution in [2.24, 2.45) is 0 Å². The molecular formula is C34H30N4O4S2. The molecule has 0 saturated carbocycles. The standard InChI is InChI=1S/C34H30N4O4S2/c1-21-9-18-28-30(19-21)44-34(37-28)38-31(39)22(2)43-27-16-12-25(13-17-27)35-33(41)29(20-23-10-14-26(42-3)15-11-23)36-32(40)24-7-5-4-6-8-24/h4-20,22H,1-3H3,(H,35,41)(H,36,40)(H,37,38,39)/b29-20-. The first-order valence-electron chi connectivity index (χ1n) is 13.8. The summed E-state index contributed by atoms with van der Waals surface area (Å²) in [5.74, 6) is -0.353. The van der Waals surface area contributed by atoms with Gasteiger partial charge in [0.05, 0.1) is 22.6 Å². The van der Waals surface area contributed by atoms with E-state index in [0.717, 1.165) is 20.7 Å². The maximum Gasteiger partial charge on any atom is 0.272 e. The molecule has 10 heteroatoms. The van der Waals surface area contributed by atoms with E-state index < -0.39 is 11.8 Å². The smallest absolute Gasteiger partial charge is 0.272 e. The number of carbonyl (C=O) groups is 3. The Hall–Kier alpha value is -4.93. The largest absolute Gasteiger partial charge is 0.497 e. The second-order valence-electron chi connectivity index (χ2n) is 9.87. The van der Waals surface area contributed by atoms with E-state index in [9.17, 15) is 14.4 Å². The van der Waals surface area contributed by atoms with Crippen molar-refractivity contribution in [3.05, 3.63) is 119 Å². The second kappa shape index (κ2) is 14.0. The van der Waals surface area contributed by atoms with Gasteiger partial charge in [-0.15, -0.1) is 11.8 Å². The molecule has 3 amide bonds. The maximum absolute atomic E-state index is 13.3. The first-order valence-corrected chi connectivity index (χ1v) is 15.5. The number of fused-ring (bicyclic) bond motifs is 1. The number of hydrogen-bond acceptors (Lipinski definition) is 7. The van der Waals surface area contributed by atoms with Crippen molar-refractivity contribution >= 4 is 67.9 Å². The molecule has 222 valence electrons. The summed E-state index contributed by atoms with van der Waals surface area (Å²) < 4.78 is 6.24. The molecule has 0 saturated heterocycles. The predicted molar refractivity (Wildman–Crippen MR) is 178 cm³/mol. The van der Waals surface area contributed by atoms with Crippen molar-refractivity contribution in [1.29, 1.82) is 0 Å². The number of carbonyl (C=O) groups excluding carboxylic acids is 3. The summed E-state index contributed by atoms with van der Waals surface area (Å²) in [5.41, 5.74) is 3.76. The molecule has 5 rings (SSSR count). The molecule has 44 heavy (non-hydrogen) atoms. The molecule has 0 fully saturated rings. The Kier molecular flexibility index (Phi) is 9.73. The number of thioether (sulfide) groups is 1. The van der Waals surface area contributed by atoms with Crippen LogP contribution in [0.15, 0.2) is 108 Å². The van der Waals surface area contributed by atoms with Gasteiger partial charge in [-0.1, -0.05) is 47.7 Å². The number of anilines is 2. The van der Waals surface area contributed by atoms with Crippen LogP contribution in [0.1, 0.15) is 28.4 Å². The summed E-state index contributed by atoms with van der Waals surface area (Å²) in [6.45, 7) is 3.85. The molecule has 3 N–H and O–H groups in total. The molecule has 1 unspecified atom stereocenters. The van der Waals surface area contributed by atoms with Crippen molar-refractivity contribution in [2.45, 2.75) is 24.0 Å². The Balaban J connectivity index is 1.24. The van der Waals surface area contributed by atoms with E-state index in [-0.39, 0.29) is 16.9 Å². The third-order valence-electron chi connectivity index (χ3n) is 6.52. The number of thiazole rings is 1. The summed E-state index contributed by atoms with van der Waals surface area (Å²) in [7, 11) is 1.58. The van der Waals surface area contributed by atoms with Gasteiger partial charge in [-0.05, 0) is 91.7 Å². The number of hydrogen-bond donors (Lipinski definition) is 3. The zero-order valence-corrected chi connectivity index (χ0v) is 25.9. The van der Waals surface area contributed by atoms with Crippen molar-refractivity contribution in [3.8, 4) is 5.75 Å². The van der Waals surface area contributed by atoms with Gasteiger partial charge >= 0.3 is 0 Å². The van der Waals surface area contributed by atoms with E-state index in [4.69, 9.17) is 4.74 Å². The van der Waals surface area contributed by atoms with E-state index in [2.05, 4.69) is 27.0 Å². The summed E-state index contributed by atoms with van der Waals surface area (Å²) in [5, 5.41) is 8.70. The number of rotatable bonds is 10. The van der Waals surface area contributed by atoms with Crippen LogP contribution in [0.4, 0.5) is 10.8 Å². The number of methoxy groups -OCH3 is 1. The molecule has 1 aromatic heterocycles. The molecule has 5 aromatic rings. The minimum atomic E-state index is -0.482. The van der Waals surface area contributed by atoms with Gasteiger partial charge in [0, 0.05) is 16.1 Å². The highest BCUT2D eigenvalue weighted by molar-refractivity contribution is 8.00. The first kappa shape index (κ1) is 30.5. The number of nitrogens with zero attached hydrogens (tertiary/aromatic N) is 1. The lowest BCUT2D eigenvalue weighted by molar-refractivity contribution is -0.115. The monoisotopic (exact) mass is 622 g/mol. The lowest BCUT2D eigenvalue weighted by Crippen LogP contribution is -2.30. The maximum atomic E-state index is 13.3. The predicted octanol–water partition coefficient (Wildman–Crippen LogP) is 7.14. The molecule has 0 aliphatic carbocycles. The van der Waals surface area contributed by atoms with Gasteiger partial charge < -0.3 is 20.7 Å². The zero-order chi connectivity index (χ0) is 31.1. The number of ether oxygens (including phenoxy) is 1. The molecule has 1 heterocycles. The average molecular weight is 623 g/mol. The van der Waals surface area contributed by atoms with Crippen molar-refractivity contribution in [2.75, 3.05) is 17.7 Å². The zero-order valence-electron chi connectivity index (χ0n) is 24.3.